The number of hydrogen-bond acceptors (Lipinski definition) is 12. The first kappa shape index (κ1) is 33.0. The monoisotopic (exact) mass is 681 g/mol. The van der Waals surface area contributed by atoms with Crippen LogP contribution in [0.2, 0.25) is 0 Å². The van der Waals surface area contributed by atoms with Gasteiger partial charge in [-0.1, -0.05) is 41.6 Å². The van der Waals surface area contributed by atoms with E-state index in [2.05, 4.69) is 15.5 Å². The molecule has 1 aromatic carbocycles. The van der Waals surface area contributed by atoms with Gasteiger partial charge in [-0.15, -0.1) is 23.1 Å². The third kappa shape index (κ3) is 7.05. The van der Waals surface area contributed by atoms with E-state index in [1.807, 2.05) is 24.3 Å². The highest BCUT2D eigenvalue weighted by Crippen LogP contribution is 2.41. The van der Waals surface area contributed by atoms with Crippen LogP contribution >= 0.6 is 23.1 Å². The number of nitrogen functional groups attached to an aromatic ring is 1. The summed E-state index contributed by atoms with van der Waals surface area (Å²) in [7, 11) is 0. The summed E-state index contributed by atoms with van der Waals surface area (Å²) in [6.45, 7) is 2.92. The fourth-order valence-electron chi connectivity index (χ4n) is 4.54. The number of fused-ring (bicyclic) bond motifs is 1. The van der Waals surface area contributed by atoms with Gasteiger partial charge in [0.05, 0.1) is 0 Å². The highest BCUT2D eigenvalue weighted by Gasteiger charge is 2.54. The number of benzene rings is 1. The lowest BCUT2D eigenvalue weighted by atomic mass is 10.0. The van der Waals surface area contributed by atoms with E-state index in [1.54, 1.807) is 22.9 Å². The predicted molar refractivity (Wildman–Crippen MR) is 170 cm³/mol. The number of amides is 2. The van der Waals surface area contributed by atoms with Crippen molar-refractivity contribution in [1.29, 1.82) is 0 Å². The van der Waals surface area contributed by atoms with Crippen LogP contribution in [0.3, 0.4) is 0 Å². The van der Waals surface area contributed by atoms with E-state index in [9.17, 15) is 39.6 Å². The molecular weight excluding hydrogens is 652 g/mol. The van der Waals surface area contributed by atoms with Crippen molar-refractivity contribution < 1.29 is 49.0 Å². The number of nitrogens with one attached hydrogen (secondary N) is 1. The Bertz CT molecular complexity index is 1850. The van der Waals surface area contributed by atoms with Gasteiger partial charge < -0.3 is 36.3 Å². The third-order valence-electron chi connectivity index (χ3n) is 7.14. The van der Waals surface area contributed by atoms with Crippen molar-refractivity contribution in [2.75, 3.05) is 11.5 Å². The lowest BCUT2D eigenvalue weighted by Gasteiger charge is -2.49. The first-order valence-corrected chi connectivity index (χ1v) is 15.8. The minimum absolute atomic E-state index is 0.0103. The second-order valence-corrected chi connectivity index (χ2v) is 12.9. The molecule has 0 spiro atoms. The number of aromatic nitrogens is 2. The van der Waals surface area contributed by atoms with E-state index in [0.29, 0.717) is 12.1 Å². The Labute approximate surface area is 275 Å². The molecule has 2 aliphatic heterocycles. The van der Waals surface area contributed by atoms with Gasteiger partial charge >= 0.3 is 11.9 Å². The van der Waals surface area contributed by atoms with Crippen LogP contribution in [0.5, 0.6) is 11.5 Å². The van der Waals surface area contributed by atoms with Crippen LogP contribution in [0.4, 0.5) is 5.13 Å². The van der Waals surface area contributed by atoms with E-state index in [-0.39, 0.29) is 33.8 Å². The summed E-state index contributed by atoms with van der Waals surface area (Å²) >= 11 is 2.28. The molecule has 0 aliphatic carbocycles. The zero-order chi connectivity index (χ0) is 34.0. The SMILES string of the molecule is CC(C)(O/N=C(\C(=O)N[C@@H]1C(=O)N2C(C(=O)O)=C(/C=C/c3ccc(C[n+]4ccc(O)c(O)c4)cc3)CS[C@H]12)c1csc(N)n1)C(=O)O. The molecular formula is C30H29N6O9S2+. The van der Waals surface area contributed by atoms with Crippen molar-refractivity contribution >= 4 is 63.8 Å². The quantitative estimate of drug-likeness (QED) is 0.0732. The van der Waals surface area contributed by atoms with Gasteiger partial charge in [0.2, 0.25) is 17.5 Å². The van der Waals surface area contributed by atoms with Gasteiger partial charge in [0.25, 0.3) is 11.8 Å². The number of anilines is 1. The first-order valence-electron chi connectivity index (χ1n) is 13.9. The fraction of sp³-hybridized carbons (Fsp3) is 0.233. The number of aliphatic carboxylic acids is 2. The zero-order valence-corrected chi connectivity index (χ0v) is 26.5. The Kier molecular flexibility index (Phi) is 9.21. The Morgan fingerprint density at radius 1 is 1.17 bits per heavy atom. The molecule has 0 bridgehead atoms. The van der Waals surface area contributed by atoms with Crippen molar-refractivity contribution in [3.8, 4) is 11.5 Å². The number of carbonyl (C=O) groups excluding carboxylic acids is 2. The zero-order valence-electron chi connectivity index (χ0n) is 24.9. The van der Waals surface area contributed by atoms with Crippen LogP contribution in [-0.2, 0) is 30.6 Å². The minimum Gasteiger partial charge on any atom is -0.504 e. The van der Waals surface area contributed by atoms with Gasteiger partial charge in [0, 0.05) is 22.8 Å². The number of aromatic hydroxyl groups is 2. The minimum atomic E-state index is -1.78. The van der Waals surface area contributed by atoms with Crippen LogP contribution in [-0.4, -0.2) is 82.5 Å². The molecule has 2 aromatic heterocycles. The predicted octanol–water partition coefficient (Wildman–Crippen LogP) is 1.51. The third-order valence-corrected chi connectivity index (χ3v) is 9.12. The molecule has 0 saturated carbocycles. The molecule has 4 heterocycles. The van der Waals surface area contributed by atoms with Crippen molar-refractivity contribution in [3.05, 3.63) is 82.3 Å². The molecule has 0 unspecified atom stereocenters. The Hall–Kier alpha value is -5.42. The Morgan fingerprint density at radius 3 is 2.51 bits per heavy atom. The maximum absolute atomic E-state index is 13.3. The largest absolute Gasteiger partial charge is 0.504 e. The molecule has 47 heavy (non-hydrogen) atoms. The van der Waals surface area contributed by atoms with Crippen LogP contribution in [0.15, 0.2) is 70.6 Å². The van der Waals surface area contributed by atoms with Gasteiger partial charge in [-0.05, 0) is 25.0 Å². The molecule has 3 aromatic rings. The summed E-state index contributed by atoms with van der Waals surface area (Å²) in [5.41, 5.74) is 5.43. The smallest absolute Gasteiger partial charge is 0.352 e. The highest BCUT2D eigenvalue weighted by molar-refractivity contribution is 8.00. The molecule has 244 valence electrons. The van der Waals surface area contributed by atoms with E-state index >= 15 is 0 Å². The average Bonchev–Trinajstić information content (AvgIpc) is 3.46. The van der Waals surface area contributed by atoms with E-state index in [1.165, 1.54) is 43.3 Å². The number of oxime groups is 1. The topological polar surface area (TPSA) is 229 Å². The number of allylic oxidation sites excluding steroid dienone is 1. The number of β-lactam (4-membered cyclic amide) rings is 1. The van der Waals surface area contributed by atoms with Gasteiger partial charge in [-0.2, -0.15) is 4.57 Å². The summed E-state index contributed by atoms with van der Waals surface area (Å²) in [5.74, 6) is -4.38. The van der Waals surface area contributed by atoms with Crippen LogP contribution in [0, 0.1) is 0 Å². The lowest BCUT2D eigenvalue weighted by molar-refractivity contribution is -0.688. The summed E-state index contributed by atoms with van der Waals surface area (Å²) < 4.78 is 1.70. The van der Waals surface area contributed by atoms with Crippen molar-refractivity contribution in [1.82, 2.24) is 15.2 Å². The highest BCUT2D eigenvalue weighted by atomic mass is 32.2. The second kappa shape index (κ2) is 13.1. The Morgan fingerprint density at radius 2 is 1.89 bits per heavy atom. The molecule has 2 aliphatic rings. The van der Waals surface area contributed by atoms with Crippen molar-refractivity contribution in [3.63, 3.8) is 0 Å². The molecule has 2 amide bonds. The molecule has 2 atom stereocenters. The van der Waals surface area contributed by atoms with Gasteiger partial charge in [0.1, 0.15) is 22.8 Å². The maximum Gasteiger partial charge on any atom is 0.352 e. The van der Waals surface area contributed by atoms with Crippen molar-refractivity contribution in [2.24, 2.45) is 5.16 Å². The molecule has 1 saturated heterocycles. The number of nitrogens with two attached hydrogens (primary N) is 1. The van der Waals surface area contributed by atoms with Gasteiger partial charge in [0.15, 0.2) is 29.3 Å². The second-order valence-electron chi connectivity index (χ2n) is 10.9. The van der Waals surface area contributed by atoms with Gasteiger partial charge in [-0.3, -0.25) is 14.5 Å². The molecule has 15 nitrogen and oxygen atoms in total. The molecule has 5 rings (SSSR count). The summed E-state index contributed by atoms with van der Waals surface area (Å²) in [6.07, 6.45) is 6.40. The van der Waals surface area contributed by atoms with Crippen LogP contribution in [0.1, 0.15) is 30.7 Å². The van der Waals surface area contributed by atoms with E-state index < -0.39 is 46.5 Å². The normalized spacial score (nSPS) is 18.1. The number of thioether (sulfide) groups is 1. The standard InChI is InChI=1S/C30H28N6O9S2/c1-30(2,28(43)44)45-34-21(18-14-47-29(31)32-18)24(39)33-22-25(40)36-23(27(41)42)17(13-46-26(22)36)8-7-15-3-5-16(6-4-15)11-35-10-9-19(37)20(38)12-35/h3-10,12,14,22,26H,11,13H2,1-2H3,(H6,31,32,33,38,39,41,42,43,44)/p+1/b8-7+,34-21-/t22-,26-/m1/s1. The molecule has 7 N–H and O–H groups in total. The number of nitrogens with zero attached hydrogens (tertiary/aromatic N) is 4. The average molecular weight is 682 g/mol. The molecule has 0 radical (unpaired) electrons. The number of carboxylic acids is 2. The van der Waals surface area contributed by atoms with E-state index in [4.69, 9.17) is 10.6 Å². The summed E-state index contributed by atoms with van der Waals surface area (Å²) in [6, 6.07) is 7.70. The number of thiazole rings is 1. The number of carboxylic acid groups (broad SMARTS) is 2. The summed E-state index contributed by atoms with van der Waals surface area (Å²) in [5, 5.41) is 45.7. The number of pyridine rings is 1. The Balaban J connectivity index is 1.29. The first-order chi connectivity index (χ1) is 22.2. The molecule has 1 fully saturated rings. The van der Waals surface area contributed by atoms with Crippen LogP contribution in [0.25, 0.3) is 6.08 Å². The number of carbonyl (C=O) groups is 4. The van der Waals surface area contributed by atoms with Gasteiger partial charge in [-0.25, -0.2) is 14.6 Å². The fourth-order valence-corrected chi connectivity index (χ4v) is 6.40. The van der Waals surface area contributed by atoms with E-state index in [0.717, 1.165) is 27.4 Å². The number of rotatable bonds is 11. The maximum atomic E-state index is 13.3. The lowest BCUT2D eigenvalue weighted by Crippen LogP contribution is -2.71. The summed E-state index contributed by atoms with van der Waals surface area (Å²) in [4.78, 5) is 60.5. The van der Waals surface area contributed by atoms with Crippen LogP contribution < -0.4 is 15.6 Å². The molecule has 17 heteroatoms. The number of hydrogen-bond donors (Lipinski definition) is 6. The van der Waals surface area contributed by atoms with Crippen molar-refractivity contribution in [2.45, 2.75) is 37.4 Å².